The molecule has 0 aliphatic rings. The number of hydrogen-bond donors (Lipinski definition) is 2. The van der Waals surface area contributed by atoms with E-state index in [-0.39, 0.29) is 12.0 Å². The lowest BCUT2D eigenvalue weighted by molar-refractivity contribution is 0.181. The molecule has 0 amide bonds. The smallest absolute Gasteiger partial charge is 0.136 e. The Morgan fingerprint density at radius 2 is 1.63 bits per heavy atom. The second-order valence-corrected chi connectivity index (χ2v) is 7.29. The summed E-state index contributed by atoms with van der Waals surface area (Å²) >= 11 is 0. The highest BCUT2D eigenvalue weighted by molar-refractivity contribution is 5.41. The second kappa shape index (κ2) is 9.01. The minimum atomic E-state index is -0.757. The first-order valence-electron chi connectivity index (χ1n) is 8.79. The fourth-order valence-corrected chi connectivity index (χ4v) is 2.49. The van der Waals surface area contributed by atoms with Crippen LogP contribution in [-0.4, -0.2) is 42.9 Å². The van der Waals surface area contributed by atoms with E-state index in [0.29, 0.717) is 29.5 Å². The molecule has 1 heterocycles. The summed E-state index contributed by atoms with van der Waals surface area (Å²) in [5, 5.41) is 13.8. The maximum Gasteiger partial charge on any atom is 0.136 e. The minimum absolute atomic E-state index is 0.195. The van der Waals surface area contributed by atoms with Crippen LogP contribution in [0.5, 0.6) is 11.5 Å². The zero-order chi connectivity index (χ0) is 20.0. The van der Waals surface area contributed by atoms with Gasteiger partial charge in [-0.3, -0.25) is 0 Å². The van der Waals surface area contributed by atoms with Crippen molar-refractivity contribution in [1.82, 2.24) is 9.97 Å². The Labute approximate surface area is 160 Å². The van der Waals surface area contributed by atoms with Crippen LogP contribution >= 0.6 is 0 Å². The van der Waals surface area contributed by atoms with Gasteiger partial charge >= 0.3 is 0 Å². The van der Waals surface area contributed by atoms with Gasteiger partial charge in [-0.15, -0.1) is 0 Å². The van der Waals surface area contributed by atoms with Gasteiger partial charge in [0.1, 0.15) is 23.1 Å². The fraction of sp³-hybridized carbons (Fsp3) is 0.500. The minimum Gasteiger partial charge on any atom is -0.497 e. The molecule has 0 fully saturated rings. The van der Waals surface area contributed by atoms with Gasteiger partial charge in [0, 0.05) is 31.2 Å². The summed E-state index contributed by atoms with van der Waals surface area (Å²) in [5.41, 5.74) is 1.29. The van der Waals surface area contributed by atoms with Crippen LogP contribution in [0, 0.1) is 0 Å². The summed E-state index contributed by atoms with van der Waals surface area (Å²) in [6.07, 6.45) is -0.757. The van der Waals surface area contributed by atoms with Gasteiger partial charge < -0.3 is 24.6 Å². The summed E-state index contributed by atoms with van der Waals surface area (Å²) in [7, 11) is 4.79. The number of aromatic nitrogens is 2. The van der Waals surface area contributed by atoms with Gasteiger partial charge in [-0.1, -0.05) is 20.8 Å². The molecule has 0 saturated heterocycles. The molecule has 148 valence electrons. The molecule has 0 radical (unpaired) electrons. The van der Waals surface area contributed by atoms with Crippen molar-refractivity contribution >= 4 is 5.82 Å². The Morgan fingerprint density at radius 3 is 2.15 bits per heavy atom. The predicted octanol–water partition coefficient (Wildman–Crippen LogP) is 3.08. The number of rotatable bonds is 8. The molecule has 0 spiro atoms. The Bertz CT molecular complexity index is 737. The van der Waals surface area contributed by atoms with Crippen LogP contribution in [0.3, 0.4) is 0 Å². The van der Waals surface area contributed by atoms with Gasteiger partial charge in [0.2, 0.25) is 0 Å². The van der Waals surface area contributed by atoms with Crippen LogP contribution in [0.25, 0.3) is 0 Å². The van der Waals surface area contributed by atoms with Gasteiger partial charge in [-0.2, -0.15) is 0 Å². The Hall–Kier alpha value is -2.38. The molecule has 0 bridgehead atoms. The topological polar surface area (TPSA) is 85.7 Å². The van der Waals surface area contributed by atoms with Crippen molar-refractivity contribution in [3.63, 3.8) is 0 Å². The van der Waals surface area contributed by atoms with Crippen molar-refractivity contribution in [2.75, 3.05) is 33.2 Å². The number of aliphatic hydroxyl groups is 1. The molecule has 0 aliphatic carbocycles. The zero-order valence-corrected chi connectivity index (χ0v) is 16.9. The summed E-state index contributed by atoms with van der Waals surface area (Å²) in [4.78, 5) is 9.14. The number of benzene rings is 1. The molecule has 7 nitrogen and oxygen atoms in total. The maximum atomic E-state index is 10.6. The van der Waals surface area contributed by atoms with Crippen LogP contribution in [0.4, 0.5) is 5.82 Å². The summed E-state index contributed by atoms with van der Waals surface area (Å²) in [5.74, 6) is 2.62. The van der Waals surface area contributed by atoms with Gasteiger partial charge in [0.25, 0.3) is 0 Å². The normalized spacial score (nSPS) is 12.6. The predicted molar refractivity (Wildman–Crippen MR) is 104 cm³/mol. The van der Waals surface area contributed by atoms with Gasteiger partial charge in [0.15, 0.2) is 0 Å². The molecular formula is C20H29N3O4. The van der Waals surface area contributed by atoms with E-state index in [1.165, 1.54) is 0 Å². The monoisotopic (exact) mass is 375 g/mol. The van der Waals surface area contributed by atoms with Crippen LogP contribution in [-0.2, 0) is 16.8 Å². The first-order chi connectivity index (χ1) is 12.8. The SMILES string of the molecule is COCc1cc(NCC(O)c2cc(OC)cc(OC)c2)nc(C(C)(C)C)n1. The van der Waals surface area contributed by atoms with E-state index >= 15 is 0 Å². The molecule has 2 N–H and O–H groups in total. The fourth-order valence-electron chi connectivity index (χ4n) is 2.49. The van der Waals surface area contributed by atoms with Crippen molar-refractivity contribution < 1.29 is 19.3 Å². The van der Waals surface area contributed by atoms with Gasteiger partial charge in [-0.25, -0.2) is 9.97 Å². The third-order valence-corrected chi connectivity index (χ3v) is 3.98. The third-order valence-electron chi connectivity index (χ3n) is 3.98. The van der Waals surface area contributed by atoms with E-state index in [2.05, 4.69) is 36.1 Å². The van der Waals surface area contributed by atoms with Crippen LogP contribution < -0.4 is 14.8 Å². The number of nitrogens with zero attached hydrogens (tertiary/aromatic N) is 2. The average Bonchev–Trinajstić information content (AvgIpc) is 2.65. The van der Waals surface area contributed by atoms with Crippen LogP contribution in [0.2, 0.25) is 0 Å². The first-order valence-corrected chi connectivity index (χ1v) is 8.79. The molecule has 7 heteroatoms. The van der Waals surface area contributed by atoms with Crippen molar-refractivity contribution in [2.45, 2.75) is 38.9 Å². The van der Waals surface area contributed by atoms with Crippen molar-refractivity contribution in [3.8, 4) is 11.5 Å². The molecule has 0 aliphatic heterocycles. The lowest BCUT2D eigenvalue weighted by Crippen LogP contribution is -2.20. The number of ether oxygens (including phenoxy) is 3. The molecule has 2 rings (SSSR count). The number of nitrogens with one attached hydrogen (secondary N) is 1. The number of methoxy groups -OCH3 is 3. The highest BCUT2D eigenvalue weighted by Gasteiger charge is 2.19. The van der Waals surface area contributed by atoms with Crippen molar-refractivity contribution in [2.24, 2.45) is 0 Å². The molecule has 27 heavy (non-hydrogen) atoms. The largest absolute Gasteiger partial charge is 0.497 e. The number of anilines is 1. The van der Waals surface area contributed by atoms with E-state index in [0.717, 1.165) is 11.5 Å². The van der Waals surface area contributed by atoms with Crippen LogP contribution in [0.1, 0.15) is 44.0 Å². The van der Waals surface area contributed by atoms with E-state index in [4.69, 9.17) is 14.2 Å². The van der Waals surface area contributed by atoms with Crippen molar-refractivity contribution in [1.29, 1.82) is 0 Å². The standard InChI is InChI=1S/C20H29N3O4/c1-20(2,3)19-22-14(12-25-4)9-18(23-19)21-11-17(24)13-7-15(26-5)10-16(8-13)27-6/h7-10,17,24H,11-12H2,1-6H3,(H,21,22,23). The molecule has 1 aromatic carbocycles. The van der Waals surface area contributed by atoms with E-state index < -0.39 is 6.10 Å². The van der Waals surface area contributed by atoms with Crippen molar-refractivity contribution in [3.05, 3.63) is 41.3 Å². The van der Waals surface area contributed by atoms with E-state index in [1.54, 1.807) is 39.5 Å². The molecular weight excluding hydrogens is 346 g/mol. The van der Waals surface area contributed by atoms with E-state index in [1.807, 2.05) is 6.07 Å². The summed E-state index contributed by atoms with van der Waals surface area (Å²) in [6.45, 7) is 6.85. The summed E-state index contributed by atoms with van der Waals surface area (Å²) in [6, 6.07) is 7.16. The molecule has 1 aromatic heterocycles. The molecule has 0 saturated carbocycles. The molecule has 1 unspecified atom stereocenters. The van der Waals surface area contributed by atoms with Gasteiger partial charge in [-0.05, 0) is 17.7 Å². The van der Waals surface area contributed by atoms with Crippen LogP contribution in [0.15, 0.2) is 24.3 Å². The highest BCUT2D eigenvalue weighted by Crippen LogP contribution is 2.27. The summed E-state index contributed by atoms with van der Waals surface area (Å²) < 4.78 is 15.7. The third kappa shape index (κ3) is 5.80. The molecule has 1 atom stereocenters. The Balaban J connectivity index is 2.19. The first kappa shape index (κ1) is 20.9. The van der Waals surface area contributed by atoms with Gasteiger partial charge in [0.05, 0.1) is 32.6 Å². The number of hydrogen-bond acceptors (Lipinski definition) is 7. The number of aliphatic hydroxyl groups excluding tert-OH is 1. The van der Waals surface area contributed by atoms with E-state index in [9.17, 15) is 5.11 Å². The molecule has 2 aromatic rings. The Morgan fingerprint density at radius 1 is 1.00 bits per heavy atom. The highest BCUT2D eigenvalue weighted by atomic mass is 16.5. The lowest BCUT2D eigenvalue weighted by Gasteiger charge is -2.20. The Kier molecular flexibility index (Phi) is 6.98. The average molecular weight is 375 g/mol. The second-order valence-electron chi connectivity index (χ2n) is 7.29. The maximum absolute atomic E-state index is 10.6. The quantitative estimate of drug-likeness (QED) is 0.733. The lowest BCUT2D eigenvalue weighted by atomic mass is 9.95. The zero-order valence-electron chi connectivity index (χ0n) is 16.9.